The molecular formula is C27H32N4O2. The average Bonchev–Trinajstić information content (AvgIpc) is 2.83. The van der Waals surface area contributed by atoms with Crippen molar-refractivity contribution in [3.63, 3.8) is 0 Å². The van der Waals surface area contributed by atoms with Crippen molar-refractivity contribution in [2.45, 2.75) is 46.6 Å². The van der Waals surface area contributed by atoms with E-state index in [2.05, 4.69) is 27.3 Å². The van der Waals surface area contributed by atoms with Crippen LogP contribution < -0.4 is 15.0 Å². The second-order valence-electron chi connectivity index (χ2n) is 8.97. The Morgan fingerprint density at radius 1 is 1.06 bits per heavy atom. The number of rotatable bonds is 6. The van der Waals surface area contributed by atoms with Crippen LogP contribution in [0.1, 0.15) is 37.8 Å². The zero-order chi connectivity index (χ0) is 23.4. The van der Waals surface area contributed by atoms with Crippen molar-refractivity contribution in [3.05, 3.63) is 65.7 Å². The van der Waals surface area contributed by atoms with Gasteiger partial charge in [-0.3, -0.25) is 4.79 Å². The number of nitrogens with one attached hydrogen (secondary N) is 1. The smallest absolute Gasteiger partial charge is 0.265 e. The molecule has 1 aliphatic rings. The van der Waals surface area contributed by atoms with Crippen molar-refractivity contribution in [3.8, 4) is 17.0 Å². The number of aromatic nitrogens is 2. The van der Waals surface area contributed by atoms with E-state index in [1.807, 2.05) is 68.4 Å². The predicted octanol–water partition coefficient (Wildman–Crippen LogP) is 5.40. The molecule has 1 N–H and O–H groups in total. The SMILES string of the molecule is Cc1cccc(OC(C)C(=O)Nc2cccc(-c3ccc(N4CCC(C)CC4)nn3)c2)c1C. The zero-order valence-corrected chi connectivity index (χ0v) is 19.8. The van der Waals surface area contributed by atoms with Gasteiger partial charge in [0.15, 0.2) is 11.9 Å². The normalized spacial score (nSPS) is 15.2. The largest absolute Gasteiger partial charge is 0.481 e. The maximum Gasteiger partial charge on any atom is 0.265 e. The molecule has 3 aromatic rings. The van der Waals surface area contributed by atoms with Gasteiger partial charge in [0.2, 0.25) is 0 Å². The van der Waals surface area contributed by atoms with Gasteiger partial charge in [0.1, 0.15) is 5.75 Å². The molecule has 6 nitrogen and oxygen atoms in total. The number of amides is 1. The zero-order valence-electron chi connectivity index (χ0n) is 19.8. The molecule has 172 valence electrons. The molecule has 0 saturated carbocycles. The maximum absolute atomic E-state index is 12.7. The van der Waals surface area contributed by atoms with Gasteiger partial charge in [-0.25, -0.2) is 0 Å². The van der Waals surface area contributed by atoms with Crippen LogP contribution in [0.25, 0.3) is 11.3 Å². The van der Waals surface area contributed by atoms with Crippen molar-refractivity contribution in [1.29, 1.82) is 0 Å². The van der Waals surface area contributed by atoms with Crippen LogP contribution >= 0.6 is 0 Å². The highest BCUT2D eigenvalue weighted by molar-refractivity contribution is 5.94. The lowest BCUT2D eigenvalue weighted by Gasteiger charge is -2.30. The van der Waals surface area contributed by atoms with Gasteiger partial charge in [0.05, 0.1) is 5.69 Å². The Morgan fingerprint density at radius 3 is 2.55 bits per heavy atom. The van der Waals surface area contributed by atoms with Crippen molar-refractivity contribution in [2.75, 3.05) is 23.3 Å². The summed E-state index contributed by atoms with van der Waals surface area (Å²) in [6.45, 7) is 10.1. The minimum atomic E-state index is -0.625. The molecule has 1 aliphatic heterocycles. The number of piperidine rings is 1. The molecule has 0 radical (unpaired) electrons. The topological polar surface area (TPSA) is 67.3 Å². The lowest BCUT2D eigenvalue weighted by atomic mass is 9.99. The number of hydrogen-bond donors (Lipinski definition) is 1. The number of aryl methyl sites for hydroxylation is 1. The van der Waals surface area contributed by atoms with E-state index in [9.17, 15) is 4.79 Å². The maximum atomic E-state index is 12.7. The van der Waals surface area contributed by atoms with Crippen LogP contribution in [0.5, 0.6) is 5.75 Å². The molecule has 6 heteroatoms. The van der Waals surface area contributed by atoms with Gasteiger partial charge in [-0.2, -0.15) is 0 Å². The minimum Gasteiger partial charge on any atom is -0.481 e. The first-order valence-corrected chi connectivity index (χ1v) is 11.6. The average molecular weight is 445 g/mol. The number of ether oxygens (including phenoxy) is 1. The van der Waals surface area contributed by atoms with Crippen molar-refractivity contribution in [1.82, 2.24) is 10.2 Å². The molecule has 1 aromatic heterocycles. The number of hydrogen-bond acceptors (Lipinski definition) is 5. The minimum absolute atomic E-state index is 0.200. The number of carbonyl (C=O) groups excluding carboxylic acids is 1. The molecule has 2 aromatic carbocycles. The van der Waals surface area contributed by atoms with Crippen LogP contribution in [-0.4, -0.2) is 35.3 Å². The Morgan fingerprint density at radius 2 is 1.82 bits per heavy atom. The number of nitrogens with zero attached hydrogens (tertiary/aromatic N) is 3. The predicted molar refractivity (Wildman–Crippen MR) is 133 cm³/mol. The lowest BCUT2D eigenvalue weighted by molar-refractivity contribution is -0.122. The van der Waals surface area contributed by atoms with Crippen LogP contribution in [0, 0.1) is 19.8 Å². The second-order valence-corrected chi connectivity index (χ2v) is 8.97. The Kier molecular flexibility index (Phi) is 6.92. The lowest BCUT2D eigenvalue weighted by Crippen LogP contribution is -2.33. The van der Waals surface area contributed by atoms with Crippen LogP contribution in [0.4, 0.5) is 11.5 Å². The fourth-order valence-corrected chi connectivity index (χ4v) is 3.98. The summed E-state index contributed by atoms with van der Waals surface area (Å²) in [6.07, 6.45) is 1.76. The molecule has 1 fully saturated rings. The summed E-state index contributed by atoms with van der Waals surface area (Å²) in [5.74, 6) is 2.23. The van der Waals surface area contributed by atoms with Gasteiger partial charge in [-0.1, -0.05) is 31.2 Å². The Balaban J connectivity index is 1.41. The molecule has 1 atom stereocenters. The van der Waals surface area contributed by atoms with Gasteiger partial charge in [0, 0.05) is 24.3 Å². The van der Waals surface area contributed by atoms with Crippen LogP contribution in [-0.2, 0) is 4.79 Å². The highest BCUT2D eigenvalue weighted by atomic mass is 16.5. The molecule has 0 bridgehead atoms. The third kappa shape index (κ3) is 5.51. The number of anilines is 2. The fraction of sp³-hybridized carbons (Fsp3) is 0.370. The molecule has 33 heavy (non-hydrogen) atoms. The van der Waals surface area contributed by atoms with Gasteiger partial charge in [0.25, 0.3) is 5.91 Å². The third-order valence-corrected chi connectivity index (χ3v) is 6.41. The molecule has 4 rings (SSSR count). The molecule has 2 heterocycles. The van der Waals surface area contributed by atoms with Crippen LogP contribution in [0.3, 0.4) is 0 Å². The summed E-state index contributed by atoms with van der Waals surface area (Å²) in [5.41, 5.74) is 4.56. The molecule has 1 saturated heterocycles. The first-order valence-electron chi connectivity index (χ1n) is 11.6. The van der Waals surface area contributed by atoms with E-state index in [4.69, 9.17) is 4.74 Å². The van der Waals surface area contributed by atoms with Gasteiger partial charge in [-0.05, 0) is 81.0 Å². The molecule has 0 aliphatic carbocycles. The van der Waals surface area contributed by atoms with Crippen LogP contribution in [0.15, 0.2) is 54.6 Å². The van der Waals surface area contributed by atoms with Gasteiger partial charge in [-0.15, -0.1) is 10.2 Å². The number of benzene rings is 2. The first kappa shape index (κ1) is 22.8. The Hall–Kier alpha value is -3.41. The van der Waals surface area contributed by atoms with E-state index in [0.717, 1.165) is 53.0 Å². The summed E-state index contributed by atoms with van der Waals surface area (Å²) < 4.78 is 5.91. The summed E-state index contributed by atoms with van der Waals surface area (Å²) in [6, 6.07) is 17.5. The first-order chi connectivity index (χ1) is 15.9. The van der Waals surface area contributed by atoms with E-state index >= 15 is 0 Å². The molecular weight excluding hydrogens is 412 g/mol. The van der Waals surface area contributed by atoms with E-state index < -0.39 is 6.10 Å². The van der Waals surface area contributed by atoms with E-state index in [1.54, 1.807) is 6.92 Å². The monoisotopic (exact) mass is 444 g/mol. The Bertz CT molecular complexity index is 1110. The highest BCUT2D eigenvalue weighted by Crippen LogP contribution is 2.25. The Labute approximate surface area is 196 Å². The summed E-state index contributed by atoms with van der Waals surface area (Å²) in [5, 5.41) is 11.8. The third-order valence-electron chi connectivity index (χ3n) is 6.41. The standard InChI is InChI=1S/C27H32N4O2/c1-18-13-15-31(16-14-18)26-12-11-24(29-30-26)22-8-6-9-23(17-22)28-27(32)21(4)33-25-10-5-7-19(2)20(25)3/h5-12,17-18,21H,13-16H2,1-4H3,(H,28,32). The molecule has 1 unspecified atom stereocenters. The molecule has 1 amide bonds. The highest BCUT2D eigenvalue weighted by Gasteiger charge is 2.18. The molecule has 0 spiro atoms. The second kappa shape index (κ2) is 10.0. The fourth-order valence-electron chi connectivity index (χ4n) is 3.98. The van der Waals surface area contributed by atoms with Crippen molar-refractivity contribution >= 4 is 17.4 Å². The van der Waals surface area contributed by atoms with E-state index in [-0.39, 0.29) is 5.91 Å². The van der Waals surface area contributed by atoms with E-state index in [0.29, 0.717) is 5.69 Å². The van der Waals surface area contributed by atoms with Gasteiger partial charge < -0.3 is 15.0 Å². The quantitative estimate of drug-likeness (QED) is 0.551. The van der Waals surface area contributed by atoms with Gasteiger partial charge >= 0.3 is 0 Å². The number of carbonyl (C=O) groups is 1. The van der Waals surface area contributed by atoms with E-state index in [1.165, 1.54) is 12.8 Å². The van der Waals surface area contributed by atoms with Crippen LogP contribution in [0.2, 0.25) is 0 Å². The van der Waals surface area contributed by atoms with Crippen molar-refractivity contribution < 1.29 is 9.53 Å². The summed E-state index contributed by atoms with van der Waals surface area (Å²) in [4.78, 5) is 15.0. The van der Waals surface area contributed by atoms with Crippen molar-refractivity contribution in [2.24, 2.45) is 5.92 Å². The summed E-state index contributed by atoms with van der Waals surface area (Å²) in [7, 11) is 0. The summed E-state index contributed by atoms with van der Waals surface area (Å²) >= 11 is 0.